The number of nitrogens with zero attached hydrogens (tertiary/aromatic N) is 2. The molecule has 0 spiro atoms. The molecule has 0 radical (unpaired) electrons. The monoisotopic (exact) mass is 297 g/mol. The highest BCUT2D eigenvalue weighted by molar-refractivity contribution is 4.93. The first-order valence-corrected chi connectivity index (χ1v) is 8.19. The molecule has 1 heterocycles. The summed E-state index contributed by atoms with van der Waals surface area (Å²) in [5.74, 6) is 2.03. The van der Waals surface area contributed by atoms with Crippen LogP contribution in [-0.2, 0) is 11.2 Å². The Kier molecular flexibility index (Phi) is 8.54. The van der Waals surface area contributed by atoms with E-state index in [-0.39, 0.29) is 6.10 Å². The van der Waals surface area contributed by atoms with E-state index in [0.29, 0.717) is 23.7 Å². The molecule has 2 unspecified atom stereocenters. The summed E-state index contributed by atoms with van der Waals surface area (Å²) in [5, 5.41) is 7.65. The Labute approximate surface area is 128 Å². The lowest BCUT2D eigenvalue weighted by molar-refractivity contribution is 0.0854. The number of hydrogen-bond acceptors (Lipinski definition) is 5. The standard InChI is InChI=1S/C16H31N3O2/c1-6-8-14(20-5)16-18-15(21-19-16)11-13(10-12(3)4)17-9-7-2/h12-14,17H,6-11H2,1-5H3. The van der Waals surface area contributed by atoms with E-state index in [1.165, 1.54) is 0 Å². The lowest BCUT2D eigenvalue weighted by atomic mass is 10.0. The third-order valence-corrected chi connectivity index (χ3v) is 3.47. The van der Waals surface area contributed by atoms with Crippen molar-refractivity contribution >= 4 is 0 Å². The Balaban J connectivity index is 2.64. The lowest BCUT2D eigenvalue weighted by Crippen LogP contribution is -2.33. The molecule has 0 saturated carbocycles. The maximum atomic E-state index is 5.42. The van der Waals surface area contributed by atoms with Crippen LogP contribution in [0.1, 0.15) is 71.2 Å². The van der Waals surface area contributed by atoms with Crippen LogP contribution >= 0.6 is 0 Å². The largest absolute Gasteiger partial charge is 0.373 e. The zero-order valence-corrected chi connectivity index (χ0v) is 14.2. The van der Waals surface area contributed by atoms with Gasteiger partial charge in [0.05, 0.1) is 0 Å². The van der Waals surface area contributed by atoms with Gasteiger partial charge in [-0.25, -0.2) is 0 Å². The Morgan fingerprint density at radius 3 is 2.57 bits per heavy atom. The number of aromatic nitrogens is 2. The van der Waals surface area contributed by atoms with Crippen LogP contribution in [0.15, 0.2) is 4.52 Å². The molecule has 1 aromatic rings. The van der Waals surface area contributed by atoms with Gasteiger partial charge in [-0.1, -0.05) is 39.3 Å². The molecule has 1 rings (SSSR count). The highest BCUT2D eigenvalue weighted by Gasteiger charge is 2.19. The SMILES string of the molecule is CCCNC(Cc1nc(C(CCC)OC)no1)CC(C)C. The third-order valence-electron chi connectivity index (χ3n) is 3.47. The minimum Gasteiger partial charge on any atom is -0.373 e. The summed E-state index contributed by atoms with van der Waals surface area (Å²) in [6.07, 6.45) is 4.93. The molecule has 21 heavy (non-hydrogen) atoms. The first-order chi connectivity index (χ1) is 10.1. The van der Waals surface area contributed by atoms with Gasteiger partial charge in [0.1, 0.15) is 6.10 Å². The maximum absolute atomic E-state index is 5.42. The van der Waals surface area contributed by atoms with Gasteiger partial charge in [0.25, 0.3) is 0 Å². The lowest BCUT2D eigenvalue weighted by Gasteiger charge is -2.18. The van der Waals surface area contributed by atoms with Gasteiger partial charge in [0, 0.05) is 19.6 Å². The number of methoxy groups -OCH3 is 1. The van der Waals surface area contributed by atoms with E-state index in [9.17, 15) is 0 Å². The molecule has 0 aliphatic carbocycles. The van der Waals surface area contributed by atoms with Crippen LogP contribution in [0, 0.1) is 5.92 Å². The Morgan fingerprint density at radius 2 is 2.00 bits per heavy atom. The van der Waals surface area contributed by atoms with Gasteiger partial charge in [0.15, 0.2) is 0 Å². The highest BCUT2D eigenvalue weighted by atomic mass is 16.5. The Bertz CT molecular complexity index is 379. The second-order valence-electron chi connectivity index (χ2n) is 6.04. The van der Waals surface area contributed by atoms with E-state index in [4.69, 9.17) is 9.26 Å². The van der Waals surface area contributed by atoms with Crippen molar-refractivity contribution in [2.75, 3.05) is 13.7 Å². The summed E-state index contributed by atoms with van der Waals surface area (Å²) in [7, 11) is 1.70. The molecule has 0 aliphatic heterocycles. The van der Waals surface area contributed by atoms with Crippen molar-refractivity contribution in [3.8, 4) is 0 Å². The molecule has 0 aromatic carbocycles. The maximum Gasteiger partial charge on any atom is 0.228 e. The van der Waals surface area contributed by atoms with Gasteiger partial charge in [0.2, 0.25) is 11.7 Å². The van der Waals surface area contributed by atoms with Crippen LogP contribution in [0.2, 0.25) is 0 Å². The zero-order valence-electron chi connectivity index (χ0n) is 14.2. The molecule has 0 bridgehead atoms. The van der Waals surface area contributed by atoms with E-state index >= 15 is 0 Å². The van der Waals surface area contributed by atoms with Crippen molar-refractivity contribution < 1.29 is 9.26 Å². The minimum absolute atomic E-state index is 0.0559. The van der Waals surface area contributed by atoms with Crippen molar-refractivity contribution in [2.45, 2.75) is 71.9 Å². The summed E-state index contributed by atoms with van der Waals surface area (Å²) >= 11 is 0. The predicted octanol–water partition coefficient (Wildman–Crippen LogP) is 3.51. The van der Waals surface area contributed by atoms with E-state index in [1.54, 1.807) is 7.11 Å². The quantitative estimate of drug-likeness (QED) is 0.677. The van der Waals surface area contributed by atoms with E-state index in [0.717, 1.165) is 38.6 Å². The predicted molar refractivity (Wildman–Crippen MR) is 84.2 cm³/mol. The Morgan fingerprint density at radius 1 is 1.24 bits per heavy atom. The zero-order chi connectivity index (χ0) is 15.7. The molecule has 5 nitrogen and oxygen atoms in total. The molecule has 0 aliphatic rings. The van der Waals surface area contributed by atoms with Crippen LogP contribution < -0.4 is 5.32 Å². The normalized spacial score (nSPS) is 14.6. The molecule has 5 heteroatoms. The third kappa shape index (κ3) is 6.57. The van der Waals surface area contributed by atoms with Crippen LogP contribution in [-0.4, -0.2) is 29.8 Å². The first-order valence-electron chi connectivity index (χ1n) is 8.19. The number of nitrogens with one attached hydrogen (secondary N) is 1. The molecule has 0 fully saturated rings. The molecule has 1 N–H and O–H groups in total. The summed E-state index contributed by atoms with van der Waals surface area (Å²) in [5.41, 5.74) is 0. The summed E-state index contributed by atoms with van der Waals surface area (Å²) in [4.78, 5) is 4.51. The molecule has 0 amide bonds. The fourth-order valence-electron chi connectivity index (χ4n) is 2.46. The van der Waals surface area contributed by atoms with Crippen LogP contribution in [0.25, 0.3) is 0 Å². The van der Waals surface area contributed by atoms with Gasteiger partial charge in [-0.05, 0) is 31.7 Å². The second-order valence-corrected chi connectivity index (χ2v) is 6.04. The average Bonchev–Trinajstić information content (AvgIpc) is 2.89. The second kappa shape index (κ2) is 9.90. The minimum atomic E-state index is -0.0559. The van der Waals surface area contributed by atoms with Crippen molar-refractivity contribution in [2.24, 2.45) is 5.92 Å². The number of rotatable bonds is 11. The molecule has 122 valence electrons. The van der Waals surface area contributed by atoms with Gasteiger partial charge in [-0.3, -0.25) is 0 Å². The van der Waals surface area contributed by atoms with Gasteiger partial charge >= 0.3 is 0 Å². The smallest absolute Gasteiger partial charge is 0.228 e. The summed E-state index contributed by atoms with van der Waals surface area (Å²) < 4.78 is 10.8. The fourth-order valence-corrected chi connectivity index (χ4v) is 2.46. The molecule has 1 aromatic heterocycles. The van der Waals surface area contributed by atoms with Crippen molar-refractivity contribution in [3.63, 3.8) is 0 Å². The van der Waals surface area contributed by atoms with Gasteiger partial charge in [-0.2, -0.15) is 4.98 Å². The number of ether oxygens (including phenoxy) is 1. The van der Waals surface area contributed by atoms with Crippen molar-refractivity contribution in [1.29, 1.82) is 0 Å². The topological polar surface area (TPSA) is 60.2 Å². The van der Waals surface area contributed by atoms with E-state index in [2.05, 4.69) is 43.2 Å². The number of hydrogen-bond donors (Lipinski definition) is 1. The van der Waals surface area contributed by atoms with Crippen LogP contribution in [0.5, 0.6) is 0 Å². The molecular weight excluding hydrogens is 266 g/mol. The van der Waals surface area contributed by atoms with E-state index < -0.39 is 0 Å². The molecule has 0 saturated heterocycles. The summed E-state index contributed by atoms with van der Waals surface area (Å²) in [6.45, 7) is 9.80. The van der Waals surface area contributed by atoms with Crippen molar-refractivity contribution in [1.82, 2.24) is 15.5 Å². The van der Waals surface area contributed by atoms with Gasteiger partial charge < -0.3 is 14.6 Å². The van der Waals surface area contributed by atoms with E-state index in [1.807, 2.05) is 0 Å². The fraction of sp³-hybridized carbons (Fsp3) is 0.875. The Hall–Kier alpha value is -0.940. The van der Waals surface area contributed by atoms with Gasteiger partial charge in [-0.15, -0.1) is 0 Å². The highest BCUT2D eigenvalue weighted by Crippen LogP contribution is 2.19. The summed E-state index contributed by atoms with van der Waals surface area (Å²) in [6, 6.07) is 0.394. The molecular formula is C16H31N3O2. The van der Waals surface area contributed by atoms with Crippen molar-refractivity contribution in [3.05, 3.63) is 11.7 Å². The van der Waals surface area contributed by atoms with Crippen LogP contribution in [0.4, 0.5) is 0 Å². The van der Waals surface area contributed by atoms with Crippen LogP contribution in [0.3, 0.4) is 0 Å². The average molecular weight is 297 g/mol. The molecule has 2 atom stereocenters. The first kappa shape index (κ1) is 18.1.